The smallest absolute Gasteiger partial charge is 0.271 e. The van der Waals surface area contributed by atoms with E-state index in [9.17, 15) is 9.59 Å². The number of fused-ring (bicyclic) bond motifs is 3. The van der Waals surface area contributed by atoms with Crippen LogP contribution in [0.4, 0.5) is 0 Å². The highest BCUT2D eigenvalue weighted by atomic mass is 16.5. The average molecular weight is 499 g/mol. The van der Waals surface area contributed by atoms with Crippen LogP contribution in [-0.2, 0) is 16.1 Å². The van der Waals surface area contributed by atoms with Crippen LogP contribution in [0.2, 0.25) is 0 Å². The van der Waals surface area contributed by atoms with Gasteiger partial charge in [-0.2, -0.15) is 0 Å². The number of benzene rings is 1. The Morgan fingerprint density at radius 1 is 1.11 bits per heavy atom. The molecular weight excluding hydrogens is 460 g/mol. The molecule has 1 N–H and O–H groups in total. The van der Waals surface area contributed by atoms with Crippen LogP contribution < -0.4 is 14.8 Å². The Balaban J connectivity index is 1.49. The largest absolute Gasteiger partial charge is 0.496 e. The van der Waals surface area contributed by atoms with Gasteiger partial charge in [0.15, 0.2) is 0 Å². The average Bonchev–Trinajstić information content (AvgIpc) is 3.54. The second-order valence-electron chi connectivity index (χ2n) is 10.3. The Morgan fingerprint density at radius 2 is 1.81 bits per heavy atom. The van der Waals surface area contributed by atoms with Crippen LogP contribution in [0.5, 0.6) is 11.5 Å². The van der Waals surface area contributed by atoms with Crippen LogP contribution in [-0.4, -0.2) is 91.4 Å². The van der Waals surface area contributed by atoms with Crippen LogP contribution in [0.15, 0.2) is 18.2 Å². The first-order chi connectivity index (χ1) is 17.5. The summed E-state index contributed by atoms with van der Waals surface area (Å²) >= 11 is 0. The Morgan fingerprint density at radius 3 is 2.50 bits per heavy atom. The predicted octanol–water partition coefficient (Wildman–Crippen LogP) is 2.65. The number of carbonyl (C=O) groups excluding carboxylic acids is 2. The lowest BCUT2D eigenvalue weighted by atomic mass is 9.93. The first-order valence-corrected chi connectivity index (χ1v) is 13.1. The van der Waals surface area contributed by atoms with E-state index in [1.165, 1.54) is 0 Å². The van der Waals surface area contributed by atoms with Gasteiger partial charge >= 0.3 is 0 Å². The number of methoxy groups -OCH3 is 2. The summed E-state index contributed by atoms with van der Waals surface area (Å²) < 4.78 is 18.7. The fourth-order valence-corrected chi connectivity index (χ4v) is 5.99. The van der Waals surface area contributed by atoms with Crippen molar-refractivity contribution in [1.29, 1.82) is 0 Å². The van der Waals surface area contributed by atoms with Crippen molar-refractivity contribution in [2.45, 2.75) is 57.2 Å². The highest BCUT2D eigenvalue weighted by Crippen LogP contribution is 2.40. The van der Waals surface area contributed by atoms with Crippen LogP contribution in [0.3, 0.4) is 0 Å². The van der Waals surface area contributed by atoms with E-state index < -0.39 is 5.54 Å². The van der Waals surface area contributed by atoms with Crippen molar-refractivity contribution in [2.24, 2.45) is 0 Å². The molecule has 1 aromatic carbocycles. The number of aromatic nitrogens is 1. The molecule has 1 aromatic heterocycles. The number of nitrogens with one attached hydrogen (secondary N) is 1. The van der Waals surface area contributed by atoms with E-state index in [1.54, 1.807) is 19.1 Å². The van der Waals surface area contributed by atoms with Crippen molar-refractivity contribution in [1.82, 2.24) is 19.7 Å². The molecular formula is C27H38N4O5. The van der Waals surface area contributed by atoms with Gasteiger partial charge in [0.25, 0.3) is 5.91 Å². The number of hydrogen-bond acceptors (Lipinski definition) is 6. The van der Waals surface area contributed by atoms with Gasteiger partial charge in [-0.05, 0) is 44.4 Å². The van der Waals surface area contributed by atoms with E-state index in [0.29, 0.717) is 30.3 Å². The number of ether oxygens (including phenoxy) is 3. The number of rotatable bonds is 8. The van der Waals surface area contributed by atoms with Gasteiger partial charge in [-0.15, -0.1) is 0 Å². The molecule has 2 amide bonds. The molecule has 9 nitrogen and oxygen atoms in total. The molecule has 2 fully saturated rings. The zero-order valence-electron chi connectivity index (χ0n) is 21.7. The fourth-order valence-electron chi connectivity index (χ4n) is 5.99. The highest BCUT2D eigenvalue weighted by molar-refractivity contribution is 6.05. The molecule has 0 radical (unpaired) electrons. The van der Waals surface area contributed by atoms with Crippen LogP contribution in [0, 0.1) is 0 Å². The van der Waals surface area contributed by atoms with Crippen LogP contribution in [0.1, 0.15) is 49.5 Å². The van der Waals surface area contributed by atoms with Gasteiger partial charge in [0, 0.05) is 37.6 Å². The Kier molecular flexibility index (Phi) is 7.12. The summed E-state index contributed by atoms with van der Waals surface area (Å²) in [6.45, 7) is 6.95. The first kappa shape index (κ1) is 24.9. The Hall–Kier alpha value is -2.78. The van der Waals surface area contributed by atoms with Crippen molar-refractivity contribution >= 4 is 22.7 Å². The van der Waals surface area contributed by atoms with Crippen molar-refractivity contribution in [3.8, 4) is 11.5 Å². The topological polar surface area (TPSA) is 85.3 Å². The molecule has 1 saturated heterocycles. The summed E-state index contributed by atoms with van der Waals surface area (Å²) in [6.07, 6.45) is 5.05. The monoisotopic (exact) mass is 498 g/mol. The van der Waals surface area contributed by atoms with Gasteiger partial charge in [-0.3, -0.25) is 14.5 Å². The second-order valence-corrected chi connectivity index (χ2v) is 10.3. The van der Waals surface area contributed by atoms with E-state index in [-0.39, 0.29) is 17.9 Å². The fraction of sp³-hybridized carbons (Fsp3) is 0.630. The summed E-state index contributed by atoms with van der Waals surface area (Å²) in [4.78, 5) is 32.0. The second kappa shape index (κ2) is 10.3. The zero-order valence-corrected chi connectivity index (χ0v) is 21.7. The normalized spacial score (nSPS) is 23.2. The molecule has 2 aromatic rings. The van der Waals surface area contributed by atoms with Gasteiger partial charge < -0.3 is 29.0 Å². The van der Waals surface area contributed by atoms with Crippen molar-refractivity contribution in [2.75, 3.05) is 53.6 Å². The minimum absolute atomic E-state index is 0.0801. The number of hydrogen-bond donors (Lipinski definition) is 1. The van der Waals surface area contributed by atoms with Gasteiger partial charge in [0.2, 0.25) is 5.91 Å². The third kappa shape index (κ3) is 4.43. The maximum Gasteiger partial charge on any atom is 0.271 e. The lowest BCUT2D eigenvalue weighted by Crippen LogP contribution is -2.65. The molecule has 36 heavy (non-hydrogen) atoms. The van der Waals surface area contributed by atoms with Gasteiger partial charge in [0.05, 0.1) is 39.5 Å². The maximum absolute atomic E-state index is 14.0. The van der Waals surface area contributed by atoms with E-state index in [2.05, 4.69) is 10.2 Å². The quantitative estimate of drug-likeness (QED) is 0.602. The molecule has 0 spiro atoms. The minimum Gasteiger partial charge on any atom is -0.496 e. The zero-order chi connectivity index (χ0) is 25.3. The molecule has 1 saturated carbocycles. The number of carbonyl (C=O) groups is 2. The van der Waals surface area contributed by atoms with E-state index in [4.69, 9.17) is 14.2 Å². The van der Waals surface area contributed by atoms with Gasteiger partial charge in [-0.25, -0.2) is 0 Å². The van der Waals surface area contributed by atoms with Crippen molar-refractivity contribution in [3.05, 3.63) is 23.9 Å². The highest BCUT2D eigenvalue weighted by Gasteiger charge is 2.48. The third-order valence-corrected chi connectivity index (χ3v) is 8.09. The lowest BCUT2D eigenvalue weighted by Gasteiger charge is -2.45. The summed E-state index contributed by atoms with van der Waals surface area (Å²) in [5, 5.41) is 4.09. The molecule has 196 valence electrons. The van der Waals surface area contributed by atoms with E-state index in [1.807, 2.05) is 29.7 Å². The molecule has 5 rings (SSSR count). The molecule has 0 bridgehead atoms. The minimum atomic E-state index is -1.02. The molecule has 9 heteroatoms. The molecule has 1 atom stereocenters. The van der Waals surface area contributed by atoms with E-state index in [0.717, 1.165) is 75.9 Å². The maximum atomic E-state index is 14.0. The summed E-state index contributed by atoms with van der Waals surface area (Å²) in [5.41, 5.74) is 0.330. The summed E-state index contributed by atoms with van der Waals surface area (Å²) in [7, 11) is 3.24. The molecule has 3 heterocycles. The SMILES string of the molecule is COc1ccc(OC)c2c1cc1n2C[C@@](C)(C(=O)NC2CCCC2)N(CCCN2CCOCC2)C1=O. The van der Waals surface area contributed by atoms with E-state index >= 15 is 0 Å². The molecule has 1 aliphatic carbocycles. The lowest BCUT2D eigenvalue weighted by molar-refractivity contribution is -0.133. The molecule has 2 aliphatic heterocycles. The molecule has 0 unspecified atom stereocenters. The molecule has 3 aliphatic rings. The first-order valence-electron chi connectivity index (χ1n) is 13.1. The standard InChI is InChI=1S/C27H38N4O5/c1-27(26(33)28-19-7-4-5-8-19)18-30-21(17-20-22(34-2)9-10-23(35-3)24(20)30)25(32)31(27)12-6-11-29-13-15-36-16-14-29/h9-10,17,19H,4-8,11-16,18H2,1-3H3,(H,28,33)/t27-/m0/s1. The van der Waals surface area contributed by atoms with Gasteiger partial charge in [0.1, 0.15) is 22.7 Å². The number of nitrogens with zero attached hydrogens (tertiary/aromatic N) is 3. The Bertz CT molecular complexity index is 1120. The summed E-state index contributed by atoms with van der Waals surface area (Å²) in [6, 6.07) is 5.76. The van der Waals surface area contributed by atoms with Gasteiger partial charge in [-0.1, -0.05) is 12.8 Å². The van der Waals surface area contributed by atoms with Crippen LogP contribution in [0.25, 0.3) is 10.9 Å². The predicted molar refractivity (Wildman–Crippen MR) is 137 cm³/mol. The number of amides is 2. The third-order valence-electron chi connectivity index (χ3n) is 8.09. The van der Waals surface area contributed by atoms with Crippen LogP contribution >= 0.6 is 0 Å². The van der Waals surface area contributed by atoms with Crippen molar-refractivity contribution < 1.29 is 23.8 Å². The van der Waals surface area contributed by atoms with Crippen molar-refractivity contribution in [3.63, 3.8) is 0 Å². The summed E-state index contributed by atoms with van der Waals surface area (Å²) in [5.74, 6) is 1.12. The number of morpholine rings is 1. The Labute approximate surface area is 212 Å².